The predicted octanol–water partition coefficient (Wildman–Crippen LogP) is 3.27. The minimum absolute atomic E-state index is 0.309. The van der Waals surface area contributed by atoms with Crippen molar-refractivity contribution in [1.29, 1.82) is 0 Å². The van der Waals surface area contributed by atoms with E-state index in [1.54, 1.807) is 19.1 Å². The average Bonchev–Trinajstić information content (AvgIpc) is 2.91. The second kappa shape index (κ2) is 8.71. The Hall–Kier alpha value is -2.28. The van der Waals surface area contributed by atoms with Crippen molar-refractivity contribution in [3.05, 3.63) is 46.8 Å². The van der Waals surface area contributed by atoms with Crippen LogP contribution in [0.25, 0.3) is 0 Å². The van der Waals surface area contributed by atoms with Gasteiger partial charge in [0.25, 0.3) is 5.91 Å². The number of esters is 1. The van der Waals surface area contributed by atoms with Gasteiger partial charge in [-0.1, -0.05) is 17.3 Å². The van der Waals surface area contributed by atoms with Gasteiger partial charge in [-0.05, 0) is 39.8 Å². The van der Waals surface area contributed by atoms with Gasteiger partial charge < -0.3 is 14.6 Å². The number of carbonyl (C=O) groups is 2. The van der Waals surface area contributed by atoms with E-state index in [9.17, 15) is 9.59 Å². The summed E-state index contributed by atoms with van der Waals surface area (Å²) in [5.74, 6) is 0.587. The van der Waals surface area contributed by atoms with Crippen LogP contribution in [-0.2, 0) is 15.3 Å². The van der Waals surface area contributed by atoms with Crippen LogP contribution in [0.2, 0.25) is 0 Å². The maximum absolute atomic E-state index is 12.4. The van der Waals surface area contributed by atoms with E-state index in [-0.39, 0.29) is 5.91 Å². The first-order valence-electron chi connectivity index (χ1n) is 8.06. The third-order valence-electron chi connectivity index (χ3n) is 3.66. The third kappa shape index (κ3) is 4.85. The maximum Gasteiger partial charge on any atom is 0.340 e. The minimum Gasteiger partial charge on any atom is -0.449 e. The summed E-state index contributed by atoms with van der Waals surface area (Å²) >= 11 is 1.51. The van der Waals surface area contributed by atoms with E-state index in [4.69, 9.17) is 9.26 Å². The van der Waals surface area contributed by atoms with Crippen LogP contribution in [0.15, 0.2) is 33.7 Å². The number of aryl methyl sites for hydroxylation is 2. The zero-order valence-corrected chi connectivity index (χ0v) is 15.6. The van der Waals surface area contributed by atoms with Crippen molar-refractivity contribution in [3.63, 3.8) is 0 Å². The second-order valence-electron chi connectivity index (χ2n) is 5.53. The summed E-state index contributed by atoms with van der Waals surface area (Å²) in [6.07, 6.45) is -0.840. The Morgan fingerprint density at radius 1 is 1.32 bits per heavy atom. The lowest BCUT2D eigenvalue weighted by Gasteiger charge is -2.14. The molecule has 0 saturated heterocycles. The highest BCUT2D eigenvalue weighted by Gasteiger charge is 2.20. The van der Waals surface area contributed by atoms with Gasteiger partial charge in [0, 0.05) is 22.8 Å². The van der Waals surface area contributed by atoms with Crippen molar-refractivity contribution < 1.29 is 18.8 Å². The first kappa shape index (κ1) is 19.1. The largest absolute Gasteiger partial charge is 0.449 e. The molecule has 0 aliphatic carbocycles. The summed E-state index contributed by atoms with van der Waals surface area (Å²) in [5, 5.41) is 6.57. The topological polar surface area (TPSA) is 81.4 Å². The van der Waals surface area contributed by atoms with Crippen LogP contribution in [-0.4, -0.2) is 29.7 Å². The molecule has 2 aromatic rings. The molecule has 6 nitrogen and oxygen atoms in total. The molecule has 0 radical (unpaired) electrons. The summed E-state index contributed by atoms with van der Waals surface area (Å²) in [5.41, 5.74) is 2.30. The standard InChI is InChI=1S/C18H22N2O4S/c1-5-19-17(21)13(4)23-18(22)14-8-6-7-9-16(14)25-10-15-11(2)20-24-12(15)3/h6-9,13H,5,10H2,1-4H3,(H,19,21)/t13-/m0/s1. The van der Waals surface area contributed by atoms with Crippen molar-refractivity contribution in [2.24, 2.45) is 0 Å². The number of aromatic nitrogens is 1. The smallest absolute Gasteiger partial charge is 0.340 e. The van der Waals surface area contributed by atoms with Crippen molar-refractivity contribution in [2.75, 3.05) is 6.54 Å². The van der Waals surface area contributed by atoms with E-state index in [0.717, 1.165) is 21.9 Å². The van der Waals surface area contributed by atoms with Crippen molar-refractivity contribution in [3.8, 4) is 0 Å². The van der Waals surface area contributed by atoms with Gasteiger partial charge in [-0.25, -0.2) is 4.79 Å². The zero-order chi connectivity index (χ0) is 18.4. The third-order valence-corrected chi connectivity index (χ3v) is 4.76. The molecule has 0 spiro atoms. The van der Waals surface area contributed by atoms with Gasteiger partial charge in [-0.15, -0.1) is 11.8 Å². The van der Waals surface area contributed by atoms with E-state index >= 15 is 0 Å². The monoisotopic (exact) mass is 362 g/mol. The summed E-state index contributed by atoms with van der Waals surface area (Å²) in [7, 11) is 0. The number of hydrogen-bond acceptors (Lipinski definition) is 6. The molecule has 0 aliphatic heterocycles. The highest BCUT2D eigenvalue weighted by atomic mass is 32.2. The first-order valence-corrected chi connectivity index (χ1v) is 9.04. The van der Waals surface area contributed by atoms with Crippen LogP contribution >= 0.6 is 11.8 Å². The fraction of sp³-hybridized carbons (Fsp3) is 0.389. The second-order valence-corrected chi connectivity index (χ2v) is 6.55. The fourth-order valence-corrected chi connectivity index (χ4v) is 3.41. The molecule has 0 unspecified atom stereocenters. The molecule has 1 aromatic carbocycles. The van der Waals surface area contributed by atoms with Crippen molar-refractivity contribution in [1.82, 2.24) is 10.5 Å². The number of benzene rings is 1. The summed E-state index contributed by atoms with van der Waals surface area (Å²) in [6.45, 7) is 7.62. The lowest BCUT2D eigenvalue weighted by atomic mass is 10.2. The summed E-state index contributed by atoms with van der Waals surface area (Å²) in [6, 6.07) is 7.19. The molecule has 1 heterocycles. The Bertz CT molecular complexity index is 738. The van der Waals surface area contributed by atoms with E-state index in [1.165, 1.54) is 11.8 Å². The van der Waals surface area contributed by atoms with Crippen molar-refractivity contribution in [2.45, 2.75) is 44.4 Å². The molecule has 0 aliphatic rings. The van der Waals surface area contributed by atoms with Gasteiger partial charge in [0.2, 0.25) is 0 Å². The first-order chi connectivity index (χ1) is 11.9. The summed E-state index contributed by atoms with van der Waals surface area (Å²) < 4.78 is 10.4. The van der Waals surface area contributed by atoms with E-state index < -0.39 is 12.1 Å². The molecule has 0 bridgehead atoms. The molecule has 1 amide bonds. The highest BCUT2D eigenvalue weighted by molar-refractivity contribution is 7.98. The number of ether oxygens (including phenoxy) is 1. The Morgan fingerprint density at radius 2 is 2.04 bits per heavy atom. The van der Waals surface area contributed by atoms with Crippen LogP contribution in [0.5, 0.6) is 0 Å². The number of likely N-dealkylation sites (N-methyl/N-ethyl adjacent to an activating group) is 1. The number of amides is 1. The van der Waals surface area contributed by atoms with Gasteiger partial charge in [0.05, 0.1) is 11.3 Å². The Balaban J connectivity index is 2.09. The van der Waals surface area contributed by atoms with E-state index in [1.807, 2.05) is 32.9 Å². The number of nitrogens with one attached hydrogen (secondary N) is 1. The van der Waals surface area contributed by atoms with Crippen LogP contribution in [0.4, 0.5) is 0 Å². The number of carbonyl (C=O) groups excluding carboxylic acids is 2. The fourth-order valence-electron chi connectivity index (χ4n) is 2.21. The van der Waals surface area contributed by atoms with E-state index in [2.05, 4.69) is 10.5 Å². The Labute approximate surface area is 151 Å². The van der Waals surface area contributed by atoms with E-state index in [0.29, 0.717) is 17.9 Å². The number of hydrogen-bond donors (Lipinski definition) is 1. The van der Waals surface area contributed by atoms with Crippen LogP contribution in [0, 0.1) is 13.8 Å². The molecule has 0 fully saturated rings. The highest BCUT2D eigenvalue weighted by Crippen LogP contribution is 2.29. The predicted molar refractivity (Wildman–Crippen MR) is 95.5 cm³/mol. The molecule has 0 saturated carbocycles. The maximum atomic E-state index is 12.4. The molecule has 7 heteroatoms. The molecule has 25 heavy (non-hydrogen) atoms. The summed E-state index contributed by atoms with van der Waals surface area (Å²) in [4.78, 5) is 25.0. The quantitative estimate of drug-likeness (QED) is 0.601. The molecule has 1 N–H and O–H groups in total. The van der Waals surface area contributed by atoms with Gasteiger partial charge in [-0.3, -0.25) is 4.79 Å². The minimum atomic E-state index is -0.840. The average molecular weight is 362 g/mol. The number of thioether (sulfide) groups is 1. The Morgan fingerprint density at radius 3 is 2.68 bits per heavy atom. The molecular weight excluding hydrogens is 340 g/mol. The van der Waals surface area contributed by atoms with Gasteiger partial charge in [0.1, 0.15) is 5.76 Å². The van der Waals surface area contributed by atoms with Crippen LogP contribution in [0.1, 0.15) is 41.2 Å². The number of nitrogens with zero attached hydrogens (tertiary/aromatic N) is 1. The lowest BCUT2D eigenvalue weighted by molar-refractivity contribution is -0.128. The van der Waals surface area contributed by atoms with Crippen LogP contribution in [0.3, 0.4) is 0 Å². The number of rotatable bonds is 7. The SMILES string of the molecule is CCNC(=O)[C@H](C)OC(=O)c1ccccc1SCc1c(C)noc1C. The molecule has 134 valence electrons. The van der Waals surface area contributed by atoms with Crippen molar-refractivity contribution >= 4 is 23.6 Å². The Kier molecular flexibility index (Phi) is 6.64. The van der Waals surface area contributed by atoms with Gasteiger partial charge in [-0.2, -0.15) is 0 Å². The normalized spacial score (nSPS) is 11.8. The molecule has 2 rings (SSSR count). The lowest BCUT2D eigenvalue weighted by Crippen LogP contribution is -2.35. The zero-order valence-electron chi connectivity index (χ0n) is 14.8. The molecule has 1 aromatic heterocycles. The molecule has 1 atom stereocenters. The molecular formula is C18H22N2O4S. The van der Waals surface area contributed by atoms with Crippen LogP contribution < -0.4 is 5.32 Å². The van der Waals surface area contributed by atoms with Gasteiger partial charge in [0.15, 0.2) is 6.10 Å². The van der Waals surface area contributed by atoms with Gasteiger partial charge >= 0.3 is 5.97 Å².